The van der Waals surface area contributed by atoms with Crippen molar-refractivity contribution < 1.29 is 43.4 Å². The number of hydrogen-bond acceptors (Lipinski definition) is 16. The average molecular weight is 775 g/mol. The Balaban J connectivity index is 1.23. The maximum atomic E-state index is 12.2. The van der Waals surface area contributed by atoms with Crippen LogP contribution in [0.15, 0.2) is 18.3 Å². The molecule has 54 heavy (non-hydrogen) atoms. The highest BCUT2D eigenvalue weighted by atomic mass is 35.5. The summed E-state index contributed by atoms with van der Waals surface area (Å²) in [5.41, 5.74) is 1.64. The van der Waals surface area contributed by atoms with Gasteiger partial charge in [-0.15, -0.1) is 5.10 Å². The summed E-state index contributed by atoms with van der Waals surface area (Å²) >= 11 is 6.87. The van der Waals surface area contributed by atoms with Gasteiger partial charge in [-0.05, 0) is 25.5 Å². The number of nitrogens with one attached hydrogen (secondary N) is 2. The largest absolute Gasteiger partial charge is 0.465 e. The van der Waals surface area contributed by atoms with E-state index >= 15 is 0 Å². The highest BCUT2D eigenvalue weighted by molar-refractivity contribution is 6.36. The molecule has 1 aliphatic heterocycles. The number of hydrogen-bond donors (Lipinski definition) is 4. The number of nitriles is 2. The fraction of sp³-hybridized carbons (Fsp3) is 0.588. The van der Waals surface area contributed by atoms with Gasteiger partial charge in [0.15, 0.2) is 17.2 Å². The predicted octanol–water partition coefficient (Wildman–Crippen LogP) is 2.35. The van der Waals surface area contributed by atoms with Crippen LogP contribution < -0.4 is 15.5 Å². The molecule has 0 unspecified atom stereocenters. The summed E-state index contributed by atoms with van der Waals surface area (Å²) in [5, 5.41) is 51.3. The molecule has 0 aliphatic carbocycles. The molecule has 2 aromatic heterocycles. The van der Waals surface area contributed by atoms with E-state index in [1.807, 2.05) is 13.0 Å². The lowest BCUT2D eigenvalue weighted by atomic mass is 9.99. The van der Waals surface area contributed by atoms with Crippen LogP contribution >= 0.6 is 11.6 Å². The molecule has 0 saturated carbocycles. The zero-order chi connectivity index (χ0) is 38.7. The minimum absolute atomic E-state index is 0.0555. The van der Waals surface area contributed by atoms with E-state index in [4.69, 9.17) is 40.0 Å². The number of rotatable bonds is 24. The van der Waals surface area contributed by atoms with Gasteiger partial charge in [0.05, 0.1) is 119 Å². The number of carboxylic acid groups (broad SMARTS) is 1. The van der Waals surface area contributed by atoms with E-state index in [1.54, 1.807) is 24.1 Å². The molecule has 0 bridgehead atoms. The number of methoxy groups -OCH3 is 1. The number of halogens is 1. The van der Waals surface area contributed by atoms with Gasteiger partial charge in [0.25, 0.3) is 0 Å². The van der Waals surface area contributed by atoms with E-state index in [0.29, 0.717) is 102 Å². The number of amides is 1. The van der Waals surface area contributed by atoms with Crippen LogP contribution in [0.4, 0.5) is 27.9 Å². The fourth-order valence-corrected chi connectivity index (χ4v) is 5.88. The Morgan fingerprint density at radius 3 is 2.19 bits per heavy atom. The molecule has 19 nitrogen and oxygen atoms in total. The third-order valence-electron chi connectivity index (χ3n) is 8.18. The Kier molecular flexibility index (Phi) is 17.7. The zero-order valence-corrected chi connectivity index (χ0v) is 31.2. The Bertz CT molecular complexity index is 1720. The standard InChI is InChI=1S/C34H47ClN10O9/c1-3-38-31-32-39-22-25(21-37)45(32)42-33(41-31)40-26-18-24(20-36)19-28(30(26)35)43-5-4-27(29(46)23-43)44(34(47)48)6-7-50-10-11-52-14-15-54-17-16-53-13-12-51-9-8-49-2/h18-19,22,27,29,46H,3-17,23H2,1-2H3,(H,47,48)(H2,38,40,41,42)/t27-,29+/m1/s1. The number of fused-ring (bicyclic) bond motifs is 1. The van der Waals surface area contributed by atoms with Crippen molar-refractivity contribution in [3.05, 3.63) is 34.6 Å². The van der Waals surface area contributed by atoms with E-state index in [-0.39, 0.29) is 48.5 Å². The number of imidazole rings is 1. The van der Waals surface area contributed by atoms with E-state index in [0.717, 1.165) is 0 Å². The summed E-state index contributed by atoms with van der Waals surface area (Å²) in [7, 11) is 1.62. The number of carbonyl (C=O) groups is 1. The highest BCUT2D eigenvalue weighted by Crippen LogP contribution is 2.37. The van der Waals surface area contributed by atoms with Gasteiger partial charge >= 0.3 is 6.09 Å². The lowest BCUT2D eigenvalue weighted by Gasteiger charge is -2.41. The number of piperidine rings is 1. The van der Waals surface area contributed by atoms with Crippen molar-refractivity contribution in [3.63, 3.8) is 0 Å². The van der Waals surface area contributed by atoms with Crippen molar-refractivity contribution >= 4 is 46.5 Å². The van der Waals surface area contributed by atoms with Gasteiger partial charge in [-0.1, -0.05) is 11.6 Å². The van der Waals surface area contributed by atoms with E-state index in [2.05, 4.69) is 31.8 Å². The first-order valence-electron chi connectivity index (χ1n) is 17.5. The van der Waals surface area contributed by atoms with Crippen molar-refractivity contribution in [1.29, 1.82) is 10.5 Å². The minimum Gasteiger partial charge on any atom is -0.465 e. The number of nitrogens with zero attached hydrogens (tertiary/aromatic N) is 8. The van der Waals surface area contributed by atoms with Crippen molar-refractivity contribution in [2.75, 3.05) is 121 Å². The number of aliphatic hydroxyl groups is 1. The van der Waals surface area contributed by atoms with Gasteiger partial charge in [0, 0.05) is 33.3 Å². The third kappa shape index (κ3) is 12.2. The lowest BCUT2D eigenvalue weighted by Crippen LogP contribution is -2.56. The van der Waals surface area contributed by atoms with Crippen LogP contribution in [0, 0.1) is 22.7 Å². The van der Waals surface area contributed by atoms with Crippen molar-refractivity contribution in [3.8, 4) is 12.1 Å². The van der Waals surface area contributed by atoms with Gasteiger partial charge in [-0.3, -0.25) is 0 Å². The summed E-state index contributed by atoms with van der Waals surface area (Å²) in [6, 6.07) is 6.63. The summed E-state index contributed by atoms with van der Waals surface area (Å²) in [6.07, 6.45) is -0.546. The third-order valence-corrected chi connectivity index (χ3v) is 8.58. The monoisotopic (exact) mass is 774 g/mol. The quantitative estimate of drug-likeness (QED) is 0.0956. The van der Waals surface area contributed by atoms with Crippen LogP contribution in [-0.4, -0.2) is 159 Å². The zero-order valence-electron chi connectivity index (χ0n) is 30.4. The molecule has 3 heterocycles. The van der Waals surface area contributed by atoms with Crippen LogP contribution in [0.1, 0.15) is 24.6 Å². The molecule has 4 rings (SSSR count). The van der Waals surface area contributed by atoms with Crippen molar-refractivity contribution in [2.45, 2.75) is 25.5 Å². The number of benzene rings is 1. The molecule has 0 radical (unpaired) electrons. The van der Waals surface area contributed by atoms with Crippen LogP contribution in [-0.2, 0) is 28.4 Å². The smallest absolute Gasteiger partial charge is 0.407 e. The molecule has 1 saturated heterocycles. The Hall–Kier alpha value is -4.57. The average Bonchev–Trinajstić information content (AvgIpc) is 3.59. The lowest BCUT2D eigenvalue weighted by molar-refractivity contribution is -0.0178. The van der Waals surface area contributed by atoms with Gasteiger partial charge in [-0.2, -0.15) is 20.0 Å². The van der Waals surface area contributed by atoms with Gasteiger partial charge < -0.3 is 59.1 Å². The van der Waals surface area contributed by atoms with Gasteiger partial charge in [0.2, 0.25) is 5.95 Å². The Morgan fingerprint density at radius 2 is 1.63 bits per heavy atom. The molecule has 3 aromatic rings. The van der Waals surface area contributed by atoms with E-state index < -0.39 is 18.2 Å². The summed E-state index contributed by atoms with van der Waals surface area (Å²) < 4.78 is 33.5. The minimum atomic E-state index is -1.17. The molecule has 2 atom stereocenters. The van der Waals surface area contributed by atoms with Crippen LogP contribution in [0.3, 0.4) is 0 Å². The number of ether oxygens (including phenoxy) is 6. The topological polar surface area (TPSA) is 234 Å². The molecular weight excluding hydrogens is 728 g/mol. The molecular formula is C34H47ClN10O9. The second-order valence-corrected chi connectivity index (χ2v) is 12.2. The van der Waals surface area contributed by atoms with Gasteiger partial charge in [-0.25, -0.2) is 9.78 Å². The number of anilines is 4. The highest BCUT2D eigenvalue weighted by Gasteiger charge is 2.35. The molecule has 294 valence electrons. The van der Waals surface area contributed by atoms with Crippen LogP contribution in [0.25, 0.3) is 5.65 Å². The molecule has 1 amide bonds. The van der Waals surface area contributed by atoms with Crippen molar-refractivity contribution in [2.24, 2.45) is 0 Å². The summed E-state index contributed by atoms with van der Waals surface area (Å²) in [4.78, 5) is 23.9. The first-order chi connectivity index (χ1) is 26.3. The maximum absolute atomic E-state index is 12.2. The molecule has 1 aromatic carbocycles. The summed E-state index contributed by atoms with van der Waals surface area (Å²) in [5.74, 6) is 0.496. The maximum Gasteiger partial charge on any atom is 0.407 e. The molecule has 20 heteroatoms. The van der Waals surface area contributed by atoms with Crippen LogP contribution in [0.2, 0.25) is 5.02 Å². The number of β-amino-alcohol motifs (C(OH)–C–C–N with tert-alkyl or cyclic N) is 1. The Morgan fingerprint density at radius 1 is 1.00 bits per heavy atom. The number of aliphatic hydroxyl groups excluding tert-OH is 1. The molecule has 4 N–H and O–H groups in total. The predicted molar refractivity (Wildman–Crippen MR) is 196 cm³/mol. The van der Waals surface area contributed by atoms with E-state index in [9.17, 15) is 25.5 Å². The SMILES string of the molecule is CCNc1nc(Nc2cc(C#N)cc(N3CC[C@@H](N(CCOCCOCCOCCOCCOCCOC)C(=O)O)[C@@H](O)C3)c2Cl)nn2c(C#N)cnc12. The van der Waals surface area contributed by atoms with Crippen molar-refractivity contribution in [1.82, 2.24) is 24.5 Å². The van der Waals surface area contributed by atoms with Crippen LogP contribution in [0.5, 0.6) is 0 Å². The first kappa shape index (κ1) is 42.2. The number of aromatic nitrogens is 4. The second-order valence-electron chi connectivity index (χ2n) is 11.8. The first-order valence-corrected chi connectivity index (χ1v) is 17.9. The molecule has 1 fully saturated rings. The van der Waals surface area contributed by atoms with Gasteiger partial charge in [0.1, 0.15) is 6.07 Å². The molecule has 0 spiro atoms. The Labute approximate surface area is 318 Å². The molecule has 1 aliphatic rings. The normalized spacial score (nSPS) is 15.6. The summed E-state index contributed by atoms with van der Waals surface area (Å²) in [6.45, 7) is 7.33. The van der Waals surface area contributed by atoms with E-state index in [1.165, 1.54) is 15.6 Å². The fourth-order valence-electron chi connectivity index (χ4n) is 5.60. The second kappa shape index (κ2) is 22.6.